The summed E-state index contributed by atoms with van der Waals surface area (Å²) in [6.45, 7) is 0. The van der Waals surface area contributed by atoms with Gasteiger partial charge in [-0.15, -0.1) is 0 Å². The van der Waals surface area contributed by atoms with Gasteiger partial charge in [-0.25, -0.2) is 15.0 Å². The van der Waals surface area contributed by atoms with Gasteiger partial charge in [-0.1, -0.05) is 121 Å². The molecule has 0 unspecified atom stereocenters. The molecule has 4 nitrogen and oxygen atoms in total. The van der Waals surface area contributed by atoms with Crippen LogP contribution in [0.3, 0.4) is 0 Å². The lowest BCUT2D eigenvalue weighted by Gasteiger charge is -2.13. The Morgan fingerprint density at radius 1 is 0.429 bits per heavy atom. The molecule has 8 rings (SSSR count). The molecule has 0 atom stereocenters. The van der Waals surface area contributed by atoms with Crippen LogP contribution in [0.5, 0.6) is 0 Å². The van der Waals surface area contributed by atoms with Crippen LogP contribution in [0.4, 0.5) is 0 Å². The molecular weight excluding hydrogens is 538 g/mol. The van der Waals surface area contributed by atoms with Crippen LogP contribution in [-0.2, 0) is 0 Å². The molecule has 5 heteroatoms. The van der Waals surface area contributed by atoms with Crippen LogP contribution < -0.4 is 0 Å². The average molecular weight is 560 g/mol. The minimum atomic E-state index is 0.536. The molecule has 0 saturated carbocycles. The van der Waals surface area contributed by atoms with Crippen LogP contribution in [-0.4, -0.2) is 15.0 Å². The van der Waals surface area contributed by atoms with Crippen LogP contribution >= 0.6 is 11.6 Å². The van der Waals surface area contributed by atoms with E-state index in [-0.39, 0.29) is 0 Å². The Bertz CT molecular complexity index is 2260. The number of aromatic nitrogens is 3. The zero-order valence-electron chi connectivity index (χ0n) is 22.3. The zero-order valence-corrected chi connectivity index (χ0v) is 23.1. The molecule has 0 aliphatic rings. The van der Waals surface area contributed by atoms with E-state index in [1.54, 1.807) is 0 Å². The quantitative estimate of drug-likeness (QED) is 0.215. The molecule has 0 fully saturated rings. The van der Waals surface area contributed by atoms with Crippen molar-refractivity contribution in [1.29, 1.82) is 0 Å². The fraction of sp³-hybridized carbons (Fsp3) is 0. The second-order valence-electron chi connectivity index (χ2n) is 10.2. The van der Waals surface area contributed by atoms with Crippen LogP contribution in [0.1, 0.15) is 0 Å². The molecule has 0 aliphatic heterocycles. The first-order chi connectivity index (χ1) is 20.7. The van der Waals surface area contributed by atoms with Crippen molar-refractivity contribution in [3.63, 3.8) is 0 Å². The number of furan rings is 1. The Hall–Kier alpha value is -5.32. The number of fused-ring (bicyclic) bond motifs is 4. The molecule has 2 aromatic heterocycles. The highest BCUT2D eigenvalue weighted by molar-refractivity contribution is 6.32. The largest absolute Gasteiger partial charge is 0.456 e. The average Bonchev–Trinajstić information content (AvgIpc) is 3.42. The maximum absolute atomic E-state index is 6.64. The molecule has 0 saturated heterocycles. The third kappa shape index (κ3) is 4.12. The normalized spacial score (nSPS) is 11.5. The number of nitrogens with zero attached hydrogens (tertiary/aromatic N) is 3. The van der Waals surface area contributed by atoms with Crippen LogP contribution in [0.25, 0.3) is 78.0 Å². The van der Waals surface area contributed by atoms with E-state index < -0.39 is 0 Å². The number of hydrogen-bond acceptors (Lipinski definition) is 4. The molecule has 0 radical (unpaired) electrons. The van der Waals surface area contributed by atoms with Crippen LogP contribution in [0.2, 0.25) is 5.02 Å². The molecule has 0 aliphatic carbocycles. The van der Waals surface area contributed by atoms with Crippen molar-refractivity contribution < 1.29 is 4.42 Å². The van der Waals surface area contributed by atoms with Crippen LogP contribution in [0.15, 0.2) is 138 Å². The topological polar surface area (TPSA) is 51.8 Å². The van der Waals surface area contributed by atoms with Gasteiger partial charge in [0.2, 0.25) is 0 Å². The smallest absolute Gasteiger partial charge is 0.164 e. The Morgan fingerprint density at radius 2 is 0.976 bits per heavy atom. The number of halogens is 1. The first-order valence-electron chi connectivity index (χ1n) is 13.7. The molecule has 2 heterocycles. The Labute approximate surface area is 246 Å². The summed E-state index contributed by atoms with van der Waals surface area (Å²) in [5, 5.41) is 4.67. The Balaban J connectivity index is 1.42. The van der Waals surface area contributed by atoms with Crippen molar-refractivity contribution in [1.82, 2.24) is 15.0 Å². The second-order valence-corrected chi connectivity index (χ2v) is 10.6. The molecule has 0 spiro atoms. The maximum atomic E-state index is 6.64. The fourth-order valence-electron chi connectivity index (χ4n) is 5.69. The minimum absolute atomic E-state index is 0.536. The van der Waals surface area contributed by atoms with Crippen molar-refractivity contribution in [3.05, 3.63) is 138 Å². The summed E-state index contributed by atoms with van der Waals surface area (Å²) in [5.74, 6) is 1.72. The second kappa shape index (κ2) is 9.95. The lowest BCUT2D eigenvalue weighted by Crippen LogP contribution is -2.01. The number of para-hydroxylation sites is 1. The number of rotatable bonds is 4. The standard InChI is InChI=1S/C37H22ClN3O/c38-25-21-31(34-30-17-9-10-18-32(30)42-33(34)22-25)37-40-35(24-13-5-2-6-14-24)39-36(41-37)29-20-19-26(23-11-3-1-4-12-23)27-15-7-8-16-28(27)29/h1-22H. The van der Waals surface area contributed by atoms with E-state index in [1.165, 1.54) is 0 Å². The molecular formula is C37H22ClN3O. The van der Waals surface area contributed by atoms with E-state index in [0.29, 0.717) is 28.1 Å². The lowest BCUT2D eigenvalue weighted by atomic mass is 9.94. The van der Waals surface area contributed by atoms with Crippen molar-refractivity contribution in [3.8, 4) is 45.3 Å². The van der Waals surface area contributed by atoms with Crippen LogP contribution in [0, 0.1) is 0 Å². The van der Waals surface area contributed by atoms with Gasteiger partial charge in [-0.05, 0) is 40.1 Å². The monoisotopic (exact) mass is 559 g/mol. The van der Waals surface area contributed by atoms with Gasteiger partial charge in [0.05, 0.1) is 0 Å². The van der Waals surface area contributed by atoms with Gasteiger partial charge in [0.1, 0.15) is 11.2 Å². The summed E-state index contributed by atoms with van der Waals surface area (Å²) >= 11 is 6.64. The fourth-order valence-corrected chi connectivity index (χ4v) is 5.90. The summed E-state index contributed by atoms with van der Waals surface area (Å²) in [7, 11) is 0. The Morgan fingerprint density at radius 3 is 1.71 bits per heavy atom. The zero-order chi connectivity index (χ0) is 28.0. The van der Waals surface area contributed by atoms with Gasteiger partial charge < -0.3 is 4.42 Å². The van der Waals surface area contributed by atoms with E-state index in [2.05, 4.69) is 66.7 Å². The van der Waals surface area contributed by atoms with Crippen molar-refractivity contribution in [2.45, 2.75) is 0 Å². The lowest BCUT2D eigenvalue weighted by molar-refractivity contribution is 0.669. The van der Waals surface area contributed by atoms with Crippen molar-refractivity contribution in [2.75, 3.05) is 0 Å². The third-order valence-corrected chi connectivity index (χ3v) is 7.82. The summed E-state index contributed by atoms with van der Waals surface area (Å²) in [5.41, 5.74) is 6.44. The SMILES string of the molecule is Clc1cc(-c2nc(-c3ccccc3)nc(-c3ccc(-c4ccccc4)c4ccccc34)n2)c2c(c1)oc1ccccc12. The molecule has 8 aromatic rings. The molecule has 0 amide bonds. The predicted octanol–water partition coefficient (Wildman–Crippen LogP) is 10.2. The predicted molar refractivity (Wildman–Crippen MR) is 171 cm³/mol. The van der Waals surface area contributed by atoms with Crippen molar-refractivity contribution in [2.24, 2.45) is 0 Å². The summed E-state index contributed by atoms with van der Waals surface area (Å²) in [6, 6.07) is 44.8. The van der Waals surface area contributed by atoms with Gasteiger partial charge in [0.15, 0.2) is 17.5 Å². The number of hydrogen-bond donors (Lipinski definition) is 0. The highest BCUT2D eigenvalue weighted by atomic mass is 35.5. The van der Waals surface area contributed by atoms with Gasteiger partial charge in [-0.3, -0.25) is 0 Å². The first-order valence-corrected chi connectivity index (χ1v) is 14.1. The molecule has 42 heavy (non-hydrogen) atoms. The van der Waals surface area contributed by atoms with E-state index in [1.807, 2.05) is 66.7 Å². The van der Waals surface area contributed by atoms with Crippen molar-refractivity contribution >= 4 is 44.3 Å². The maximum Gasteiger partial charge on any atom is 0.164 e. The highest BCUT2D eigenvalue weighted by Crippen LogP contribution is 2.40. The summed E-state index contributed by atoms with van der Waals surface area (Å²) in [6.07, 6.45) is 0. The van der Waals surface area contributed by atoms with Gasteiger partial charge >= 0.3 is 0 Å². The molecule has 0 bridgehead atoms. The first kappa shape index (κ1) is 24.5. The number of benzene rings is 6. The van der Waals surface area contributed by atoms with E-state index in [9.17, 15) is 0 Å². The molecule has 6 aromatic carbocycles. The van der Waals surface area contributed by atoms with Gasteiger partial charge in [0, 0.05) is 38.6 Å². The highest BCUT2D eigenvalue weighted by Gasteiger charge is 2.20. The Kier molecular flexibility index (Phi) is 5.80. The van der Waals surface area contributed by atoms with E-state index >= 15 is 0 Å². The van der Waals surface area contributed by atoms with E-state index in [4.69, 9.17) is 31.0 Å². The minimum Gasteiger partial charge on any atom is -0.456 e. The summed E-state index contributed by atoms with van der Waals surface area (Å²) < 4.78 is 6.18. The van der Waals surface area contributed by atoms with Gasteiger partial charge in [-0.2, -0.15) is 0 Å². The third-order valence-electron chi connectivity index (χ3n) is 7.60. The molecule has 198 valence electrons. The van der Waals surface area contributed by atoms with E-state index in [0.717, 1.165) is 54.9 Å². The molecule has 0 N–H and O–H groups in total. The summed E-state index contributed by atoms with van der Waals surface area (Å²) in [4.78, 5) is 15.1. The van der Waals surface area contributed by atoms with Gasteiger partial charge in [0.25, 0.3) is 0 Å².